The van der Waals surface area contributed by atoms with Gasteiger partial charge in [0.15, 0.2) is 0 Å². The number of aliphatic hydroxyl groups is 2. The van der Waals surface area contributed by atoms with Gasteiger partial charge in [0.1, 0.15) is 0 Å². The summed E-state index contributed by atoms with van der Waals surface area (Å²) in [5.41, 5.74) is 0.629. The Morgan fingerprint density at radius 2 is 1.91 bits per heavy atom. The van der Waals surface area contributed by atoms with Gasteiger partial charge >= 0.3 is 0 Å². The van der Waals surface area contributed by atoms with Crippen molar-refractivity contribution in [2.75, 3.05) is 6.61 Å². The summed E-state index contributed by atoms with van der Waals surface area (Å²) in [4.78, 5) is 0. The standard InChI is InChI=1S/C20H34O2/c1-12(2)16-7-5-13(3)17-8-6-14(4)20(22)18(16)9-15(11-21)10-19(17)20/h10,12-14,16-19,21-22H,5-9,11H2,1-4H3/t13-,14-,16-,17+,18+,19-,20+/m1/s1. The fourth-order valence-electron chi connectivity index (χ4n) is 6.08. The molecule has 2 N–H and O–H groups in total. The number of aliphatic hydroxyl groups excluding tert-OH is 1. The van der Waals surface area contributed by atoms with E-state index < -0.39 is 5.60 Å². The molecular formula is C20H34O2. The van der Waals surface area contributed by atoms with E-state index in [1.807, 2.05) is 0 Å². The summed E-state index contributed by atoms with van der Waals surface area (Å²) in [6.45, 7) is 9.45. The quantitative estimate of drug-likeness (QED) is 0.756. The third-order valence-corrected chi connectivity index (χ3v) is 7.47. The number of hydrogen-bond donors (Lipinski definition) is 2. The van der Waals surface area contributed by atoms with Crippen LogP contribution in [0.3, 0.4) is 0 Å². The van der Waals surface area contributed by atoms with Crippen LogP contribution in [0.4, 0.5) is 0 Å². The Morgan fingerprint density at radius 1 is 1.18 bits per heavy atom. The zero-order chi connectivity index (χ0) is 16.1. The molecule has 22 heavy (non-hydrogen) atoms. The lowest BCUT2D eigenvalue weighted by Crippen LogP contribution is -2.61. The molecule has 0 unspecified atom stereocenters. The summed E-state index contributed by atoms with van der Waals surface area (Å²) < 4.78 is 0. The maximum absolute atomic E-state index is 11.9. The first-order valence-electron chi connectivity index (χ1n) is 9.42. The first kappa shape index (κ1) is 16.5. The number of hydrogen-bond acceptors (Lipinski definition) is 2. The van der Waals surface area contributed by atoms with Crippen LogP contribution in [-0.4, -0.2) is 22.4 Å². The molecule has 0 saturated heterocycles. The van der Waals surface area contributed by atoms with Gasteiger partial charge in [0.05, 0.1) is 12.2 Å². The summed E-state index contributed by atoms with van der Waals surface area (Å²) in [5.74, 6) is 3.42. The second-order valence-electron chi connectivity index (χ2n) is 8.81. The molecule has 2 nitrogen and oxygen atoms in total. The van der Waals surface area contributed by atoms with Crippen LogP contribution in [0, 0.1) is 41.4 Å². The summed E-state index contributed by atoms with van der Waals surface area (Å²) in [7, 11) is 0. The topological polar surface area (TPSA) is 40.5 Å². The van der Waals surface area contributed by atoms with Crippen LogP contribution in [0.5, 0.6) is 0 Å². The van der Waals surface area contributed by atoms with Crippen LogP contribution in [-0.2, 0) is 0 Å². The highest BCUT2D eigenvalue weighted by Gasteiger charge is 2.57. The maximum Gasteiger partial charge on any atom is 0.0772 e. The van der Waals surface area contributed by atoms with Crippen molar-refractivity contribution in [3.8, 4) is 0 Å². The molecule has 0 aliphatic heterocycles. The summed E-state index contributed by atoms with van der Waals surface area (Å²) in [6, 6.07) is 0. The van der Waals surface area contributed by atoms with Gasteiger partial charge in [0, 0.05) is 5.92 Å². The largest absolute Gasteiger partial charge is 0.392 e. The first-order chi connectivity index (χ1) is 10.4. The molecule has 0 heterocycles. The minimum atomic E-state index is -0.550. The monoisotopic (exact) mass is 306 g/mol. The molecule has 126 valence electrons. The van der Waals surface area contributed by atoms with E-state index in [0.29, 0.717) is 35.5 Å². The molecule has 3 aliphatic rings. The van der Waals surface area contributed by atoms with Gasteiger partial charge in [-0.15, -0.1) is 0 Å². The maximum atomic E-state index is 11.9. The zero-order valence-corrected chi connectivity index (χ0v) is 14.8. The SMILES string of the molecule is CC(C)[C@H]1CC[C@@H](C)[C@@H]2CC[C@@H](C)[C@@]3(O)[C@@H]2C=C(CO)C[C@@H]13. The van der Waals surface area contributed by atoms with E-state index in [4.69, 9.17) is 0 Å². The van der Waals surface area contributed by atoms with Gasteiger partial charge in [-0.05, 0) is 66.8 Å². The van der Waals surface area contributed by atoms with Gasteiger partial charge in [-0.1, -0.05) is 40.2 Å². The average molecular weight is 306 g/mol. The summed E-state index contributed by atoms with van der Waals surface area (Å²) in [6.07, 6.45) is 8.11. The molecule has 2 saturated carbocycles. The Kier molecular flexibility index (Phi) is 4.46. The van der Waals surface area contributed by atoms with E-state index >= 15 is 0 Å². The minimum absolute atomic E-state index is 0.170. The van der Waals surface area contributed by atoms with Crippen LogP contribution >= 0.6 is 0 Å². The fraction of sp³-hybridized carbons (Fsp3) is 0.900. The molecular weight excluding hydrogens is 272 g/mol. The summed E-state index contributed by atoms with van der Waals surface area (Å²) >= 11 is 0. The average Bonchev–Trinajstić information content (AvgIpc) is 2.48. The molecule has 0 aromatic heterocycles. The van der Waals surface area contributed by atoms with E-state index in [-0.39, 0.29) is 12.5 Å². The normalized spacial score (nSPS) is 48.6. The third-order valence-electron chi connectivity index (χ3n) is 7.47. The lowest BCUT2D eigenvalue weighted by molar-refractivity contribution is -0.175. The molecule has 0 amide bonds. The Balaban J connectivity index is 2.10. The Hall–Kier alpha value is -0.340. The van der Waals surface area contributed by atoms with E-state index in [2.05, 4.69) is 33.8 Å². The second kappa shape index (κ2) is 5.94. The third kappa shape index (κ3) is 2.38. The highest BCUT2D eigenvalue weighted by atomic mass is 16.3. The molecule has 3 aliphatic carbocycles. The van der Waals surface area contributed by atoms with Crippen molar-refractivity contribution in [2.45, 2.75) is 65.4 Å². The van der Waals surface area contributed by atoms with Gasteiger partial charge in [0.2, 0.25) is 0 Å². The van der Waals surface area contributed by atoms with E-state index in [0.717, 1.165) is 12.8 Å². The molecule has 4 bridgehead atoms. The molecule has 7 atom stereocenters. The smallest absolute Gasteiger partial charge is 0.0772 e. The highest BCUT2D eigenvalue weighted by Crippen LogP contribution is 2.58. The Labute approximate surface area is 136 Å². The molecule has 2 heteroatoms. The predicted molar refractivity (Wildman–Crippen MR) is 90.3 cm³/mol. The first-order valence-corrected chi connectivity index (χ1v) is 9.42. The Bertz CT molecular complexity index is 441. The predicted octanol–water partition coefficient (Wildman–Crippen LogP) is 4.02. The van der Waals surface area contributed by atoms with Crippen LogP contribution in [0.25, 0.3) is 0 Å². The second-order valence-corrected chi connectivity index (χ2v) is 8.81. The van der Waals surface area contributed by atoms with Crippen LogP contribution in [0.2, 0.25) is 0 Å². The van der Waals surface area contributed by atoms with Gasteiger partial charge in [-0.3, -0.25) is 0 Å². The number of rotatable bonds is 2. The van der Waals surface area contributed by atoms with Crippen molar-refractivity contribution in [3.05, 3.63) is 11.6 Å². The van der Waals surface area contributed by atoms with Crippen molar-refractivity contribution in [1.29, 1.82) is 0 Å². The van der Waals surface area contributed by atoms with E-state index in [9.17, 15) is 10.2 Å². The molecule has 3 rings (SSSR count). The summed E-state index contributed by atoms with van der Waals surface area (Å²) in [5, 5.41) is 21.6. The lowest BCUT2D eigenvalue weighted by Gasteiger charge is -2.59. The lowest BCUT2D eigenvalue weighted by atomic mass is 9.49. The van der Waals surface area contributed by atoms with Crippen molar-refractivity contribution in [3.63, 3.8) is 0 Å². The van der Waals surface area contributed by atoms with Crippen LogP contribution in [0.1, 0.15) is 59.8 Å². The van der Waals surface area contributed by atoms with Crippen molar-refractivity contribution in [2.24, 2.45) is 41.4 Å². The van der Waals surface area contributed by atoms with Crippen molar-refractivity contribution < 1.29 is 10.2 Å². The zero-order valence-electron chi connectivity index (χ0n) is 14.8. The van der Waals surface area contributed by atoms with Crippen LogP contribution in [0.15, 0.2) is 11.6 Å². The molecule has 0 aromatic rings. The van der Waals surface area contributed by atoms with Crippen molar-refractivity contribution in [1.82, 2.24) is 0 Å². The van der Waals surface area contributed by atoms with Crippen LogP contribution < -0.4 is 0 Å². The van der Waals surface area contributed by atoms with E-state index in [1.54, 1.807) is 0 Å². The molecule has 0 spiro atoms. The molecule has 2 fully saturated rings. The van der Waals surface area contributed by atoms with Gasteiger partial charge in [0.25, 0.3) is 0 Å². The van der Waals surface area contributed by atoms with Gasteiger partial charge < -0.3 is 10.2 Å². The fourth-order valence-corrected chi connectivity index (χ4v) is 6.08. The van der Waals surface area contributed by atoms with Gasteiger partial charge in [-0.25, -0.2) is 0 Å². The van der Waals surface area contributed by atoms with E-state index in [1.165, 1.54) is 24.8 Å². The molecule has 0 aromatic carbocycles. The Morgan fingerprint density at radius 3 is 2.55 bits per heavy atom. The van der Waals surface area contributed by atoms with Gasteiger partial charge in [-0.2, -0.15) is 0 Å². The van der Waals surface area contributed by atoms with Crippen molar-refractivity contribution >= 4 is 0 Å². The minimum Gasteiger partial charge on any atom is -0.392 e. The highest BCUT2D eigenvalue weighted by molar-refractivity contribution is 5.22. The molecule has 0 radical (unpaired) electrons.